The molecular weight excluding hydrogens is 413 g/mol. The van der Waals surface area contributed by atoms with Crippen molar-refractivity contribution < 1.29 is 37.0 Å². The van der Waals surface area contributed by atoms with Crippen molar-refractivity contribution in [2.75, 3.05) is 25.3 Å². The third-order valence-corrected chi connectivity index (χ3v) is 4.48. The molecule has 29 heavy (non-hydrogen) atoms. The van der Waals surface area contributed by atoms with E-state index in [1.807, 2.05) is 0 Å². The molecule has 0 spiro atoms. The van der Waals surface area contributed by atoms with E-state index in [1.54, 1.807) is 0 Å². The summed E-state index contributed by atoms with van der Waals surface area (Å²) < 4.78 is 46.9. The van der Waals surface area contributed by atoms with Crippen molar-refractivity contribution in [1.29, 1.82) is 0 Å². The number of halogens is 3. The Balaban J connectivity index is 2.10. The molecule has 0 saturated heterocycles. The molecule has 0 unspecified atom stereocenters. The molecule has 154 valence electrons. The number of aromatic nitrogens is 1. The molecule has 1 amide bonds. The lowest BCUT2D eigenvalue weighted by Gasteiger charge is -2.11. The van der Waals surface area contributed by atoms with Gasteiger partial charge in [-0.3, -0.25) is 4.79 Å². The van der Waals surface area contributed by atoms with Crippen LogP contribution in [0.4, 0.5) is 18.9 Å². The van der Waals surface area contributed by atoms with Crippen LogP contribution in [0.5, 0.6) is 0 Å². The molecule has 1 heterocycles. The Morgan fingerprint density at radius 3 is 2.31 bits per heavy atom. The number of nitrogens with zero attached hydrogens (tertiary/aromatic N) is 1. The Labute approximate surface area is 167 Å². The van der Waals surface area contributed by atoms with Gasteiger partial charge in [0.25, 0.3) is 0 Å². The summed E-state index contributed by atoms with van der Waals surface area (Å²) in [4.78, 5) is 39.4. The first-order chi connectivity index (χ1) is 13.7. The number of amides is 1. The van der Waals surface area contributed by atoms with Crippen molar-refractivity contribution in [3.63, 3.8) is 0 Å². The molecule has 11 heteroatoms. The number of methoxy groups -OCH3 is 2. The lowest BCUT2D eigenvalue weighted by atomic mass is 10.1. The van der Waals surface area contributed by atoms with Gasteiger partial charge in [-0.05, 0) is 30.3 Å². The van der Waals surface area contributed by atoms with E-state index in [0.717, 1.165) is 31.0 Å². The molecule has 1 N–H and O–H groups in total. The second-order valence-corrected chi connectivity index (χ2v) is 6.46. The number of benzene rings is 1. The molecule has 0 fully saturated rings. The zero-order valence-corrected chi connectivity index (χ0v) is 16.0. The molecule has 0 aliphatic carbocycles. The Morgan fingerprint density at radius 2 is 1.76 bits per heavy atom. The summed E-state index contributed by atoms with van der Waals surface area (Å²) in [6.45, 7) is 0. The number of alkyl halides is 3. The Kier molecular flexibility index (Phi) is 7.21. The molecule has 0 bridgehead atoms. The fourth-order valence-electron chi connectivity index (χ4n) is 2.14. The topological polar surface area (TPSA) is 94.6 Å². The molecule has 1 aromatic heterocycles. The number of ether oxygens (including phenoxy) is 2. The lowest BCUT2D eigenvalue weighted by Crippen LogP contribution is -2.18. The van der Waals surface area contributed by atoms with Crippen LogP contribution in [0.3, 0.4) is 0 Å². The Bertz CT molecular complexity index is 917. The van der Waals surface area contributed by atoms with E-state index in [9.17, 15) is 27.6 Å². The summed E-state index contributed by atoms with van der Waals surface area (Å²) in [5, 5.41) is 2.69. The van der Waals surface area contributed by atoms with Crippen LogP contribution < -0.4 is 5.32 Å². The molecule has 2 rings (SSSR count). The second kappa shape index (κ2) is 9.41. The molecule has 2 aromatic rings. The van der Waals surface area contributed by atoms with Gasteiger partial charge in [0, 0.05) is 6.20 Å². The summed E-state index contributed by atoms with van der Waals surface area (Å²) in [6.07, 6.45) is -3.82. The van der Waals surface area contributed by atoms with E-state index in [2.05, 4.69) is 19.8 Å². The number of anilines is 1. The molecular formula is C18H15F3N2O5S. The monoisotopic (exact) mass is 428 g/mol. The summed E-state index contributed by atoms with van der Waals surface area (Å²) >= 11 is 0.904. The maximum absolute atomic E-state index is 12.5. The number of nitrogens with one attached hydrogen (secondary N) is 1. The number of rotatable bonds is 6. The van der Waals surface area contributed by atoms with Crippen molar-refractivity contribution in [1.82, 2.24) is 4.98 Å². The predicted molar refractivity (Wildman–Crippen MR) is 97.7 cm³/mol. The number of esters is 2. The van der Waals surface area contributed by atoms with Crippen molar-refractivity contribution in [2.45, 2.75) is 11.2 Å². The molecule has 0 radical (unpaired) electrons. The lowest BCUT2D eigenvalue weighted by molar-refractivity contribution is -0.137. The highest BCUT2D eigenvalue weighted by molar-refractivity contribution is 7.99. The van der Waals surface area contributed by atoms with Crippen LogP contribution in [0.2, 0.25) is 0 Å². The number of carbonyl (C=O) groups excluding carboxylic acids is 3. The maximum atomic E-state index is 12.5. The second-order valence-electron chi connectivity index (χ2n) is 5.46. The van der Waals surface area contributed by atoms with Gasteiger partial charge in [0.2, 0.25) is 5.91 Å². The quantitative estimate of drug-likeness (QED) is 0.557. The zero-order valence-electron chi connectivity index (χ0n) is 15.2. The summed E-state index contributed by atoms with van der Waals surface area (Å²) in [7, 11) is 2.34. The number of thioether (sulfide) groups is 1. The van der Waals surface area contributed by atoms with Gasteiger partial charge in [0.05, 0.1) is 47.4 Å². The third kappa shape index (κ3) is 5.95. The predicted octanol–water partition coefficient (Wildman–Crippen LogP) is 3.40. The highest BCUT2D eigenvalue weighted by Crippen LogP contribution is 2.29. The standard InChI is InChI=1S/C18H15F3N2O5S/c1-27-16(25)10-3-5-12(17(26)28-2)13(7-10)23-14(24)9-29-15-6-4-11(8-22-15)18(19,20)21/h3-8H,9H2,1-2H3,(H,23,24). The largest absolute Gasteiger partial charge is 0.465 e. The minimum absolute atomic E-state index is 0.0196. The van der Waals surface area contributed by atoms with E-state index < -0.39 is 29.6 Å². The van der Waals surface area contributed by atoms with Gasteiger partial charge in [0.1, 0.15) is 0 Å². The van der Waals surface area contributed by atoms with Crippen molar-refractivity contribution in [3.8, 4) is 0 Å². The van der Waals surface area contributed by atoms with Crippen molar-refractivity contribution >= 4 is 35.3 Å². The van der Waals surface area contributed by atoms with Gasteiger partial charge in [0.15, 0.2) is 0 Å². The fourth-order valence-corrected chi connectivity index (χ4v) is 2.78. The molecule has 7 nitrogen and oxygen atoms in total. The Morgan fingerprint density at radius 1 is 1.07 bits per heavy atom. The van der Waals surface area contributed by atoms with Crippen molar-refractivity contribution in [3.05, 3.63) is 53.2 Å². The van der Waals surface area contributed by atoms with Gasteiger partial charge < -0.3 is 14.8 Å². The van der Waals surface area contributed by atoms with Crippen LogP contribution in [0.15, 0.2) is 41.6 Å². The van der Waals surface area contributed by atoms with Crippen LogP contribution >= 0.6 is 11.8 Å². The smallest absolute Gasteiger partial charge is 0.417 e. The van der Waals surface area contributed by atoms with Gasteiger partial charge in [-0.25, -0.2) is 14.6 Å². The first-order valence-corrected chi connectivity index (χ1v) is 8.91. The van der Waals surface area contributed by atoms with Crippen LogP contribution in [0, 0.1) is 0 Å². The average molecular weight is 428 g/mol. The van der Waals surface area contributed by atoms with Crippen LogP contribution in [-0.2, 0) is 20.4 Å². The van der Waals surface area contributed by atoms with E-state index in [-0.39, 0.29) is 27.6 Å². The highest BCUT2D eigenvalue weighted by atomic mass is 32.2. The maximum Gasteiger partial charge on any atom is 0.417 e. The van der Waals surface area contributed by atoms with Gasteiger partial charge in [-0.2, -0.15) is 13.2 Å². The first kappa shape index (κ1) is 22.2. The van der Waals surface area contributed by atoms with Gasteiger partial charge in [-0.15, -0.1) is 0 Å². The number of carbonyl (C=O) groups is 3. The molecule has 0 aliphatic heterocycles. The SMILES string of the molecule is COC(=O)c1ccc(C(=O)OC)c(NC(=O)CSc2ccc(C(F)(F)F)cn2)c1. The fraction of sp³-hybridized carbons (Fsp3) is 0.222. The molecule has 0 saturated carbocycles. The van der Waals surface area contributed by atoms with Crippen LogP contribution in [-0.4, -0.2) is 42.8 Å². The minimum atomic E-state index is -4.50. The molecule has 1 aromatic carbocycles. The zero-order chi connectivity index (χ0) is 21.6. The highest BCUT2D eigenvalue weighted by Gasteiger charge is 2.30. The summed E-state index contributed by atoms with van der Waals surface area (Å²) in [5.41, 5.74) is -0.738. The molecule has 0 atom stereocenters. The van der Waals surface area contributed by atoms with Gasteiger partial charge >= 0.3 is 18.1 Å². The summed E-state index contributed by atoms with van der Waals surface area (Å²) in [5.74, 6) is -2.15. The normalized spacial score (nSPS) is 10.9. The van der Waals surface area contributed by atoms with E-state index in [4.69, 9.17) is 0 Å². The van der Waals surface area contributed by atoms with E-state index >= 15 is 0 Å². The number of hydrogen-bond donors (Lipinski definition) is 1. The van der Waals surface area contributed by atoms with Crippen molar-refractivity contribution in [2.24, 2.45) is 0 Å². The van der Waals surface area contributed by atoms with E-state index in [0.29, 0.717) is 6.20 Å². The van der Waals surface area contributed by atoms with E-state index in [1.165, 1.54) is 25.3 Å². The average Bonchev–Trinajstić information content (AvgIpc) is 2.70. The summed E-state index contributed by atoms with van der Waals surface area (Å²) in [6, 6.07) is 5.92. The minimum Gasteiger partial charge on any atom is -0.465 e. The van der Waals surface area contributed by atoms with Crippen LogP contribution in [0.1, 0.15) is 26.3 Å². The van der Waals surface area contributed by atoms with Crippen LogP contribution in [0.25, 0.3) is 0 Å². The Hall–Kier alpha value is -3.08. The third-order valence-electron chi connectivity index (χ3n) is 3.53. The molecule has 0 aliphatic rings. The first-order valence-electron chi connectivity index (χ1n) is 7.92. The van der Waals surface area contributed by atoms with Gasteiger partial charge in [-0.1, -0.05) is 11.8 Å². The number of hydrogen-bond acceptors (Lipinski definition) is 7. The number of pyridine rings is 1.